The lowest BCUT2D eigenvalue weighted by Crippen LogP contribution is -2.69. The molecule has 0 saturated carbocycles. The summed E-state index contributed by atoms with van der Waals surface area (Å²) >= 11 is 0. The predicted molar refractivity (Wildman–Crippen MR) is 124 cm³/mol. The van der Waals surface area contributed by atoms with Gasteiger partial charge in [0.1, 0.15) is 73.1 Å². The van der Waals surface area contributed by atoms with E-state index in [1.165, 1.54) is 0 Å². The molecule has 0 radical (unpaired) electrons. The van der Waals surface area contributed by atoms with Crippen molar-refractivity contribution in [2.45, 2.75) is 106 Å². The van der Waals surface area contributed by atoms with Crippen molar-refractivity contribution in [3.63, 3.8) is 0 Å². The summed E-state index contributed by atoms with van der Waals surface area (Å²) in [6, 6.07) is -2.79. The maximum Gasteiger partial charge on any atom is 0.217 e. The van der Waals surface area contributed by atoms with E-state index in [-0.39, 0.29) is 0 Å². The molecule has 3 fully saturated rings. The van der Waals surface area contributed by atoms with E-state index in [0.29, 0.717) is 0 Å². The summed E-state index contributed by atoms with van der Waals surface area (Å²) < 4.78 is 27.5. The van der Waals surface area contributed by atoms with Crippen molar-refractivity contribution in [2.75, 3.05) is 19.8 Å². The van der Waals surface area contributed by atoms with Crippen LogP contribution in [0.15, 0.2) is 0 Å². The molecule has 3 aliphatic rings. The van der Waals surface area contributed by atoms with Crippen LogP contribution in [-0.4, -0.2) is 170 Å². The second-order valence-electron chi connectivity index (χ2n) is 9.81. The van der Waals surface area contributed by atoms with Crippen LogP contribution in [0, 0.1) is 0 Å². The third-order valence-electron chi connectivity index (χ3n) is 6.90. The number of ether oxygens (including phenoxy) is 5. The fourth-order valence-corrected chi connectivity index (χ4v) is 4.87. The molecule has 3 saturated heterocycles. The Labute approximate surface area is 228 Å². The summed E-state index contributed by atoms with van der Waals surface area (Å²) in [6.07, 6.45) is -21.1. The van der Waals surface area contributed by atoms with Crippen molar-refractivity contribution in [3.05, 3.63) is 0 Å². The molecule has 18 nitrogen and oxygen atoms in total. The number of hydrogen-bond donors (Lipinski definition) is 11. The Morgan fingerprint density at radius 3 is 1.62 bits per heavy atom. The fraction of sp³-hybridized carbons (Fsp3) is 0.909. The minimum Gasteiger partial charge on any atom is -0.394 e. The van der Waals surface area contributed by atoms with Gasteiger partial charge in [-0.1, -0.05) is 0 Å². The van der Waals surface area contributed by atoms with Crippen molar-refractivity contribution in [2.24, 2.45) is 0 Å². The standard InChI is InChI=1S/C22H38N2O16/c1-6(28)23-11-15(32)18(9(4-26)36-20(11)35)40-22-17(34)16(33)19(10(5-27)38-22)39-21-12(24-7(2)29)14(31)13(30)8(3-25)37-21/h8-22,25-27,30-35H,3-5H2,1-2H3,(H,23,28)(H,24,29)/t8-,9-,10+,11-,12-,13-,14-,15-,16-,17-,18-,19-,20?,21-,22+/m1/s1. The van der Waals surface area contributed by atoms with Gasteiger partial charge in [-0.2, -0.15) is 0 Å². The molecule has 3 heterocycles. The first-order valence-electron chi connectivity index (χ1n) is 12.6. The average Bonchev–Trinajstić information content (AvgIpc) is 2.90. The molecule has 0 spiro atoms. The average molecular weight is 587 g/mol. The molecule has 0 aromatic heterocycles. The first-order chi connectivity index (χ1) is 18.8. The van der Waals surface area contributed by atoms with E-state index in [9.17, 15) is 55.5 Å². The molecule has 15 atom stereocenters. The van der Waals surface area contributed by atoms with Crippen LogP contribution in [0.3, 0.4) is 0 Å². The van der Waals surface area contributed by atoms with E-state index in [2.05, 4.69) is 10.6 Å². The zero-order valence-corrected chi connectivity index (χ0v) is 21.7. The minimum absolute atomic E-state index is 0.624. The van der Waals surface area contributed by atoms with Crippen LogP contribution in [0.5, 0.6) is 0 Å². The van der Waals surface area contributed by atoms with Gasteiger partial charge in [0.05, 0.1) is 19.8 Å². The van der Waals surface area contributed by atoms with Crippen LogP contribution >= 0.6 is 0 Å². The predicted octanol–water partition coefficient (Wildman–Crippen LogP) is -7.29. The summed E-state index contributed by atoms with van der Waals surface area (Å²) in [7, 11) is 0. The number of aliphatic hydroxyl groups is 9. The van der Waals surface area contributed by atoms with Crippen molar-refractivity contribution in [1.29, 1.82) is 0 Å². The molecule has 40 heavy (non-hydrogen) atoms. The first-order valence-corrected chi connectivity index (χ1v) is 12.6. The van der Waals surface area contributed by atoms with Crippen LogP contribution in [-0.2, 0) is 33.3 Å². The number of aliphatic hydroxyl groups excluding tert-OH is 9. The topological polar surface area (TPSA) is 286 Å². The molecule has 1 unspecified atom stereocenters. The number of carbonyl (C=O) groups is 2. The lowest BCUT2D eigenvalue weighted by atomic mass is 9.94. The molecule has 11 N–H and O–H groups in total. The number of amides is 2. The molecule has 18 heteroatoms. The van der Waals surface area contributed by atoms with Gasteiger partial charge in [0.25, 0.3) is 0 Å². The van der Waals surface area contributed by atoms with Crippen LogP contribution in [0.25, 0.3) is 0 Å². The van der Waals surface area contributed by atoms with Crippen molar-refractivity contribution < 1.29 is 79.2 Å². The summed E-state index contributed by atoms with van der Waals surface area (Å²) in [5.74, 6) is -1.26. The fourth-order valence-electron chi connectivity index (χ4n) is 4.87. The quantitative estimate of drug-likeness (QED) is 0.120. The summed E-state index contributed by atoms with van der Waals surface area (Å²) in [6.45, 7) is -0.106. The molecule has 0 aromatic carbocycles. The zero-order chi connectivity index (χ0) is 29.9. The van der Waals surface area contributed by atoms with Gasteiger partial charge < -0.3 is 80.3 Å². The highest BCUT2D eigenvalue weighted by Crippen LogP contribution is 2.32. The zero-order valence-electron chi connectivity index (χ0n) is 21.7. The van der Waals surface area contributed by atoms with E-state index in [0.717, 1.165) is 13.8 Å². The van der Waals surface area contributed by atoms with Gasteiger partial charge >= 0.3 is 0 Å². The van der Waals surface area contributed by atoms with Crippen LogP contribution in [0.2, 0.25) is 0 Å². The summed E-state index contributed by atoms with van der Waals surface area (Å²) in [5.41, 5.74) is 0. The molecule has 3 aliphatic heterocycles. The Morgan fingerprint density at radius 2 is 1.07 bits per heavy atom. The highest BCUT2D eigenvalue weighted by atomic mass is 16.7. The Balaban J connectivity index is 1.78. The largest absolute Gasteiger partial charge is 0.394 e. The maximum absolute atomic E-state index is 11.7. The maximum atomic E-state index is 11.7. The summed E-state index contributed by atoms with van der Waals surface area (Å²) in [5, 5.41) is 96.9. The van der Waals surface area contributed by atoms with Crippen LogP contribution < -0.4 is 10.6 Å². The van der Waals surface area contributed by atoms with E-state index < -0.39 is 124 Å². The SMILES string of the molecule is CC(=O)N[C@H]1[C@@H](O[C@H]2[C@H](O)[C@@H](O)[C@H](O[C@H]3[C@H](O)[C@@H](NC(C)=O)C(O)O[C@@H]3CO)O[C@H]2CO)O[C@H](CO)[C@@H](O)[C@@H]1O. The molecular weight excluding hydrogens is 548 g/mol. The molecular formula is C22H38N2O16. The first kappa shape index (κ1) is 32.9. The second kappa shape index (κ2) is 14.0. The van der Waals surface area contributed by atoms with Gasteiger partial charge in [0.2, 0.25) is 11.8 Å². The highest BCUT2D eigenvalue weighted by Gasteiger charge is 2.53. The second-order valence-corrected chi connectivity index (χ2v) is 9.81. The van der Waals surface area contributed by atoms with Gasteiger partial charge in [-0.3, -0.25) is 9.59 Å². The molecule has 3 rings (SSSR count). The normalized spacial score (nSPS) is 46.0. The third kappa shape index (κ3) is 7.05. The molecule has 0 aliphatic carbocycles. The Hall–Kier alpha value is -1.62. The molecule has 0 aromatic rings. The smallest absolute Gasteiger partial charge is 0.217 e. The van der Waals surface area contributed by atoms with Crippen LogP contribution in [0.4, 0.5) is 0 Å². The van der Waals surface area contributed by atoms with E-state index in [1.807, 2.05) is 0 Å². The van der Waals surface area contributed by atoms with Gasteiger partial charge in [-0.05, 0) is 0 Å². The number of rotatable bonds is 9. The minimum atomic E-state index is -1.93. The number of nitrogens with one attached hydrogen (secondary N) is 2. The monoisotopic (exact) mass is 586 g/mol. The van der Waals surface area contributed by atoms with E-state index in [4.69, 9.17) is 23.7 Å². The third-order valence-corrected chi connectivity index (χ3v) is 6.90. The molecule has 232 valence electrons. The van der Waals surface area contributed by atoms with Crippen molar-refractivity contribution in [3.8, 4) is 0 Å². The van der Waals surface area contributed by atoms with Crippen molar-refractivity contribution >= 4 is 11.8 Å². The lowest BCUT2D eigenvalue weighted by Gasteiger charge is -2.48. The van der Waals surface area contributed by atoms with Gasteiger partial charge in [-0.25, -0.2) is 0 Å². The summed E-state index contributed by atoms with van der Waals surface area (Å²) in [4.78, 5) is 23.2. The number of carbonyl (C=O) groups excluding carboxylic acids is 2. The Morgan fingerprint density at radius 1 is 0.600 bits per heavy atom. The molecule has 0 bridgehead atoms. The number of hydrogen-bond acceptors (Lipinski definition) is 16. The van der Waals surface area contributed by atoms with Gasteiger partial charge in [0, 0.05) is 13.8 Å². The van der Waals surface area contributed by atoms with Gasteiger partial charge in [-0.15, -0.1) is 0 Å². The molecule has 2 amide bonds. The lowest BCUT2D eigenvalue weighted by molar-refractivity contribution is -0.366. The van der Waals surface area contributed by atoms with Crippen molar-refractivity contribution in [1.82, 2.24) is 10.6 Å². The van der Waals surface area contributed by atoms with Gasteiger partial charge in [0.15, 0.2) is 18.9 Å². The van der Waals surface area contributed by atoms with Crippen LogP contribution in [0.1, 0.15) is 13.8 Å². The Bertz CT molecular complexity index is 852. The Kier molecular flexibility index (Phi) is 11.5. The highest BCUT2D eigenvalue weighted by molar-refractivity contribution is 5.73. The van der Waals surface area contributed by atoms with E-state index in [1.54, 1.807) is 0 Å². The van der Waals surface area contributed by atoms with E-state index >= 15 is 0 Å².